The van der Waals surface area contributed by atoms with Gasteiger partial charge in [0.25, 0.3) is 0 Å². The normalized spacial score (nSPS) is 45.8. The maximum absolute atomic E-state index is 13.2. The third-order valence-corrected chi connectivity index (χ3v) is 17.0. The molecule has 0 aromatic carbocycles. The lowest BCUT2D eigenvalue weighted by atomic mass is 9.33. The molecule has 5 aliphatic carbocycles. The highest BCUT2D eigenvalue weighted by molar-refractivity contribution is 5.76. The molecule has 1 aliphatic heterocycles. The number of carboxylic acids is 2. The number of H-pyrrole nitrogens is 1. The first-order valence-electron chi connectivity index (χ1n) is 20.4. The van der Waals surface area contributed by atoms with Crippen LogP contribution in [0.25, 0.3) is 0 Å². The van der Waals surface area contributed by atoms with Gasteiger partial charge < -0.3 is 40.0 Å². The van der Waals surface area contributed by atoms with Crippen molar-refractivity contribution >= 4 is 11.9 Å². The van der Waals surface area contributed by atoms with E-state index in [1.807, 2.05) is 0 Å². The van der Waals surface area contributed by atoms with Gasteiger partial charge in [0, 0.05) is 12.4 Å². The van der Waals surface area contributed by atoms with Crippen molar-refractivity contribution in [1.82, 2.24) is 4.98 Å². The van der Waals surface area contributed by atoms with Crippen molar-refractivity contribution in [3.8, 4) is 0 Å². The van der Waals surface area contributed by atoms with Gasteiger partial charge >= 0.3 is 11.9 Å². The number of nitrogens with one attached hydrogen (secondary N) is 1. The lowest BCUT2D eigenvalue weighted by molar-refractivity contribution is -0.325. The molecular formula is C43H65NO9. The maximum atomic E-state index is 13.2. The van der Waals surface area contributed by atoms with E-state index >= 15 is 0 Å². The zero-order chi connectivity index (χ0) is 38.5. The highest BCUT2D eigenvalue weighted by Gasteiger charge is 2.70. The number of aryl methyl sites for hydroxylation is 2. The molecule has 10 heteroatoms. The molecule has 13 unspecified atom stereocenters. The number of hydrogen-bond acceptors (Lipinski definition) is 7. The first-order valence-corrected chi connectivity index (χ1v) is 20.4. The molecule has 6 N–H and O–H groups in total. The van der Waals surface area contributed by atoms with Gasteiger partial charge in [-0.15, -0.1) is 0 Å². The second-order valence-electron chi connectivity index (χ2n) is 20.0. The molecule has 4 saturated carbocycles. The Labute approximate surface area is 315 Å². The van der Waals surface area contributed by atoms with Gasteiger partial charge in [-0.1, -0.05) is 60.1 Å². The molecule has 1 aromatic heterocycles. The fourth-order valence-corrected chi connectivity index (χ4v) is 13.7. The third kappa shape index (κ3) is 5.73. The number of rotatable bonds is 8. The molecule has 296 valence electrons. The molecule has 2 heterocycles. The second-order valence-corrected chi connectivity index (χ2v) is 20.0. The molecule has 6 aliphatic rings. The van der Waals surface area contributed by atoms with E-state index in [2.05, 4.69) is 71.9 Å². The first-order chi connectivity index (χ1) is 24.8. The number of aliphatic hydroxyl groups excluding tert-OH is 3. The van der Waals surface area contributed by atoms with Crippen LogP contribution in [-0.4, -0.2) is 79.3 Å². The van der Waals surface area contributed by atoms with Gasteiger partial charge in [-0.05, 0) is 139 Å². The Morgan fingerprint density at radius 3 is 2.25 bits per heavy atom. The molecule has 13 atom stereocenters. The highest BCUT2D eigenvalue weighted by Crippen LogP contribution is 2.76. The summed E-state index contributed by atoms with van der Waals surface area (Å²) in [6.45, 7) is 16.3. The van der Waals surface area contributed by atoms with Crippen LogP contribution in [0.1, 0.15) is 130 Å². The zero-order valence-electron chi connectivity index (χ0n) is 33.0. The quantitative estimate of drug-likeness (QED) is 0.126. The van der Waals surface area contributed by atoms with Gasteiger partial charge in [0.05, 0.1) is 11.5 Å². The SMILES string of the molecule is CCc1c[nH]cc1CCC12CCC(OC3OC(C(=O)O)C(O)C(O)C3O)C(C)(C)C1CCC1(C)C2CC=C2C3CC(C)(C)CCC3(C(=O)O)CCC21C. The number of hydrogen-bond donors (Lipinski definition) is 6. The van der Waals surface area contributed by atoms with E-state index in [0.717, 1.165) is 77.0 Å². The Balaban J connectivity index is 1.26. The van der Waals surface area contributed by atoms with Crippen molar-refractivity contribution < 1.29 is 44.6 Å². The van der Waals surface area contributed by atoms with Gasteiger partial charge in [-0.25, -0.2) is 4.79 Å². The molecule has 53 heavy (non-hydrogen) atoms. The smallest absolute Gasteiger partial charge is 0.335 e. The van der Waals surface area contributed by atoms with Crippen molar-refractivity contribution in [3.63, 3.8) is 0 Å². The van der Waals surface area contributed by atoms with Gasteiger partial charge in [-0.2, -0.15) is 0 Å². The van der Waals surface area contributed by atoms with Crippen molar-refractivity contribution in [2.75, 3.05) is 0 Å². The van der Waals surface area contributed by atoms with Gasteiger partial charge in [-0.3, -0.25) is 4.79 Å². The van der Waals surface area contributed by atoms with Crippen molar-refractivity contribution in [2.45, 2.75) is 169 Å². The van der Waals surface area contributed by atoms with Crippen LogP contribution in [0.5, 0.6) is 0 Å². The summed E-state index contributed by atoms with van der Waals surface area (Å²) in [5.74, 6) is -1.37. The summed E-state index contributed by atoms with van der Waals surface area (Å²) in [5, 5.41) is 52.4. The van der Waals surface area contributed by atoms with Gasteiger partial charge in [0.2, 0.25) is 0 Å². The van der Waals surface area contributed by atoms with Crippen LogP contribution in [-0.2, 0) is 31.9 Å². The van der Waals surface area contributed by atoms with E-state index in [0.29, 0.717) is 12.3 Å². The van der Waals surface area contributed by atoms with E-state index < -0.39 is 53.5 Å². The fourth-order valence-electron chi connectivity index (χ4n) is 13.7. The lowest BCUT2D eigenvalue weighted by Crippen LogP contribution is -2.67. The minimum atomic E-state index is -1.77. The second kappa shape index (κ2) is 13.2. The molecular weight excluding hydrogens is 674 g/mol. The number of ether oxygens (including phenoxy) is 2. The number of fused-ring (bicyclic) bond motifs is 7. The number of aliphatic carboxylic acids is 2. The Bertz CT molecular complexity index is 1620. The third-order valence-electron chi connectivity index (χ3n) is 17.0. The van der Waals surface area contributed by atoms with Crippen LogP contribution in [0.3, 0.4) is 0 Å². The summed E-state index contributed by atoms with van der Waals surface area (Å²) in [7, 11) is 0. The number of carboxylic acid groups (broad SMARTS) is 2. The predicted octanol–water partition coefficient (Wildman–Crippen LogP) is 6.65. The number of allylic oxidation sites excluding steroid dienone is 2. The number of aromatic amines is 1. The van der Waals surface area contributed by atoms with Gasteiger partial charge in [0.15, 0.2) is 12.4 Å². The fraction of sp³-hybridized carbons (Fsp3) is 0.814. The Morgan fingerprint density at radius 2 is 1.57 bits per heavy atom. The summed E-state index contributed by atoms with van der Waals surface area (Å²) in [6, 6.07) is 0. The summed E-state index contributed by atoms with van der Waals surface area (Å²) in [5.41, 5.74) is 2.94. The van der Waals surface area contributed by atoms with E-state index in [9.17, 15) is 35.1 Å². The first kappa shape index (κ1) is 39.0. The van der Waals surface area contributed by atoms with E-state index in [4.69, 9.17) is 9.47 Å². The van der Waals surface area contributed by atoms with Crippen LogP contribution in [0.15, 0.2) is 24.0 Å². The molecule has 7 rings (SSSR count). The molecule has 0 radical (unpaired) electrons. The molecule has 5 fully saturated rings. The molecule has 0 bridgehead atoms. The number of carbonyl (C=O) groups is 2. The molecule has 1 saturated heterocycles. The Hall–Kier alpha value is -2.24. The largest absolute Gasteiger partial charge is 0.481 e. The van der Waals surface area contributed by atoms with Gasteiger partial charge in [0.1, 0.15) is 18.3 Å². The van der Waals surface area contributed by atoms with Crippen molar-refractivity contribution in [3.05, 3.63) is 35.2 Å². The standard InChI is InChI=1S/C43H65NO9/c1-8-24-22-44-23-25(24)11-15-43-16-13-30(52-36-33(47)31(45)32(46)34(53-36)35(48)49)39(4,5)28(43)12-14-41(7)29(43)10-9-26-27-21-38(2,3)17-19-42(27,37(50)51)20-18-40(26,41)6/h9,22-23,27-34,36,44-47H,8,10-21H2,1-7H3,(H,48,49)(H,50,51). The van der Waals surface area contributed by atoms with Crippen molar-refractivity contribution in [2.24, 2.45) is 50.2 Å². The average Bonchev–Trinajstić information content (AvgIpc) is 3.56. The zero-order valence-corrected chi connectivity index (χ0v) is 33.0. The number of aromatic nitrogens is 1. The van der Waals surface area contributed by atoms with E-state index in [-0.39, 0.29) is 39.6 Å². The minimum Gasteiger partial charge on any atom is -0.481 e. The number of aliphatic hydroxyl groups is 3. The molecule has 0 amide bonds. The van der Waals surface area contributed by atoms with Crippen molar-refractivity contribution in [1.29, 1.82) is 0 Å². The summed E-state index contributed by atoms with van der Waals surface area (Å²) in [4.78, 5) is 28.4. The van der Waals surface area contributed by atoms with Crippen LogP contribution in [0.4, 0.5) is 0 Å². The maximum Gasteiger partial charge on any atom is 0.335 e. The summed E-state index contributed by atoms with van der Waals surface area (Å²) < 4.78 is 12.2. The monoisotopic (exact) mass is 739 g/mol. The Kier molecular flexibility index (Phi) is 9.70. The lowest BCUT2D eigenvalue weighted by Gasteiger charge is -2.72. The minimum absolute atomic E-state index is 0.0347. The molecule has 0 spiro atoms. The van der Waals surface area contributed by atoms with Crippen LogP contribution < -0.4 is 0 Å². The van der Waals surface area contributed by atoms with E-state index in [1.54, 1.807) is 0 Å². The van der Waals surface area contributed by atoms with E-state index in [1.165, 1.54) is 16.7 Å². The molecule has 1 aromatic rings. The Morgan fingerprint density at radius 1 is 0.868 bits per heavy atom. The summed E-state index contributed by atoms with van der Waals surface area (Å²) in [6.07, 6.45) is 9.91. The molecule has 10 nitrogen and oxygen atoms in total. The van der Waals surface area contributed by atoms with Crippen LogP contribution in [0.2, 0.25) is 0 Å². The summed E-state index contributed by atoms with van der Waals surface area (Å²) >= 11 is 0. The average molecular weight is 740 g/mol. The van der Waals surface area contributed by atoms with Crippen LogP contribution in [0, 0.1) is 50.2 Å². The highest BCUT2D eigenvalue weighted by atomic mass is 16.7. The topological polar surface area (TPSA) is 170 Å². The van der Waals surface area contributed by atoms with Crippen LogP contribution >= 0.6 is 0 Å². The predicted molar refractivity (Wildman–Crippen MR) is 199 cm³/mol.